The maximum absolute atomic E-state index is 5.99. The fraction of sp³-hybridized carbons (Fsp3) is 0.385. The lowest BCUT2D eigenvalue weighted by Gasteiger charge is -2.15. The number of ether oxygens (including phenoxy) is 1. The zero-order chi connectivity index (χ0) is 14.0. The highest BCUT2D eigenvalue weighted by molar-refractivity contribution is 7.71. The number of halogens is 1. The summed E-state index contributed by atoms with van der Waals surface area (Å²) in [4.78, 5) is 0. The number of nitrogens with one attached hydrogen (secondary N) is 1. The van der Waals surface area contributed by atoms with Gasteiger partial charge in [0.15, 0.2) is 16.7 Å². The average Bonchev–Trinajstić information content (AvgIpc) is 2.75. The molecule has 0 bridgehead atoms. The minimum atomic E-state index is -0.187. The van der Waals surface area contributed by atoms with Gasteiger partial charge in [-0.05, 0) is 56.8 Å². The largest absolute Gasteiger partial charge is 0.483 e. The molecule has 0 fully saturated rings. The number of rotatable bonds is 4. The molecule has 2 rings (SSSR count). The molecular weight excluding hydrogens is 282 g/mol. The second-order valence-corrected chi connectivity index (χ2v) is 5.10. The first-order chi connectivity index (χ1) is 9.02. The highest BCUT2D eigenvalue weighted by Crippen LogP contribution is 2.25. The van der Waals surface area contributed by atoms with Gasteiger partial charge in [-0.3, -0.25) is 5.10 Å². The molecule has 102 valence electrons. The summed E-state index contributed by atoms with van der Waals surface area (Å²) < 4.78 is 8.41. The van der Waals surface area contributed by atoms with E-state index in [2.05, 4.69) is 10.2 Å². The van der Waals surface area contributed by atoms with E-state index in [1.807, 2.05) is 43.5 Å². The summed E-state index contributed by atoms with van der Waals surface area (Å²) >= 11 is 11.2. The number of H-pyrrole nitrogens is 1. The van der Waals surface area contributed by atoms with E-state index in [1.54, 1.807) is 0 Å². The van der Waals surface area contributed by atoms with E-state index in [-0.39, 0.29) is 6.10 Å². The van der Waals surface area contributed by atoms with E-state index in [0.717, 1.165) is 28.7 Å². The molecule has 1 aromatic heterocycles. The van der Waals surface area contributed by atoms with Crippen LogP contribution in [0.25, 0.3) is 0 Å². The van der Waals surface area contributed by atoms with Crippen molar-refractivity contribution >= 4 is 23.8 Å². The highest BCUT2D eigenvalue weighted by Gasteiger charge is 2.15. The summed E-state index contributed by atoms with van der Waals surface area (Å²) in [5.74, 6) is 1.56. The molecular formula is C13H16ClN3OS. The molecule has 2 aromatic rings. The molecule has 1 unspecified atom stereocenters. The molecule has 1 N–H and O–H groups in total. The van der Waals surface area contributed by atoms with E-state index in [9.17, 15) is 0 Å². The van der Waals surface area contributed by atoms with Gasteiger partial charge in [0.2, 0.25) is 0 Å². The van der Waals surface area contributed by atoms with Crippen LogP contribution >= 0.6 is 23.8 Å². The van der Waals surface area contributed by atoms with Crippen LogP contribution in [0.3, 0.4) is 0 Å². The predicted octanol–water partition coefficient (Wildman–Crippen LogP) is 4.06. The second kappa shape index (κ2) is 5.75. The minimum absolute atomic E-state index is 0.187. The van der Waals surface area contributed by atoms with Crippen molar-refractivity contribution in [3.63, 3.8) is 0 Å². The maximum atomic E-state index is 5.99. The number of aromatic amines is 1. The SMILES string of the molecule is CCn1c(C(C)Oc2ccc(Cl)c(C)c2)n[nH]c1=S. The fourth-order valence-corrected chi connectivity index (χ4v) is 2.28. The van der Waals surface area contributed by atoms with Crippen molar-refractivity contribution in [2.24, 2.45) is 0 Å². The van der Waals surface area contributed by atoms with Gasteiger partial charge >= 0.3 is 0 Å². The van der Waals surface area contributed by atoms with Crippen molar-refractivity contribution in [2.75, 3.05) is 0 Å². The van der Waals surface area contributed by atoms with Crippen molar-refractivity contribution in [1.82, 2.24) is 14.8 Å². The number of hydrogen-bond acceptors (Lipinski definition) is 3. The number of aromatic nitrogens is 3. The van der Waals surface area contributed by atoms with Crippen LogP contribution in [-0.2, 0) is 6.54 Å². The Bertz CT molecular complexity index is 635. The lowest BCUT2D eigenvalue weighted by atomic mass is 10.2. The molecule has 0 aliphatic carbocycles. The first kappa shape index (κ1) is 14.1. The van der Waals surface area contributed by atoms with Crippen molar-refractivity contribution < 1.29 is 4.74 Å². The first-order valence-electron chi connectivity index (χ1n) is 6.10. The molecule has 1 atom stereocenters. The Kier molecular flexibility index (Phi) is 4.27. The topological polar surface area (TPSA) is 42.8 Å². The van der Waals surface area contributed by atoms with Crippen LogP contribution in [0.5, 0.6) is 5.75 Å². The molecule has 4 nitrogen and oxygen atoms in total. The molecule has 0 saturated carbocycles. The van der Waals surface area contributed by atoms with E-state index in [0.29, 0.717) is 4.77 Å². The van der Waals surface area contributed by atoms with E-state index >= 15 is 0 Å². The summed E-state index contributed by atoms with van der Waals surface area (Å²) in [6.45, 7) is 6.68. The normalized spacial score (nSPS) is 12.4. The van der Waals surface area contributed by atoms with Gasteiger partial charge in [-0.2, -0.15) is 5.10 Å². The van der Waals surface area contributed by atoms with E-state index < -0.39 is 0 Å². The van der Waals surface area contributed by atoms with Crippen LogP contribution in [0.2, 0.25) is 5.02 Å². The van der Waals surface area contributed by atoms with Crippen LogP contribution in [0.15, 0.2) is 18.2 Å². The highest BCUT2D eigenvalue weighted by atomic mass is 35.5. The molecule has 0 radical (unpaired) electrons. The number of nitrogens with zero attached hydrogens (tertiary/aromatic N) is 2. The van der Waals surface area contributed by atoms with Crippen molar-refractivity contribution in [1.29, 1.82) is 0 Å². The third kappa shape index (κ3) is 2.98. The lowest BCUT2D eigenvalue weighted by molar-refractivity contribution is 0.210. The average molecular weight is 298 g/mol. The van der Waals surface area contributed by atoms with Gasteiger partial charge in [0.1, 0.15) is 5.75 Å². The van der Waals surface area contributed by atoms with Gasteiger partial charge < -0.3 is 9.30 Å². The molecule has 0 aliphatic rings. The fourth-order valence-electron chi connectivity index (χ4n) is 1.89. The van der Waals surface area contributed by atoms with Crippen LogP contribution in [0.1, 0.15) is 31.3 Å². The summed E-state index contributed by atoms with van der Waals surface area (Å²) in [6.07, 6.45) is -0.187. The quantitative estimate of drug-likeness (QED) is 0.865. The second-order valence-electron chi connectivity index (χ2n) is 4.30. The van der Waals surface area contributed by atoms with Gasteiger partial charge in [0.25, 0.3) is 0 Å². The molecule has 1 aromatic carbocycles. The predicted molar refractivity (Wildman–Crippen MR) is 78.3 cm³/mol. The molecule has 6 heteroatoms. The Morgan fingerprint density at radius 1 is 1.53 bits per heavy atom. The number of benzene rings is 1. The third-order valence-corrected chi connectivity index (χ3v) is 3.65. The molecule has 0 spiro atoms. The van der Waals surface area contributed by atoms with Gasteiger partial charge in [0.05, 0.1) is 0 Å². The van der Waals surface area contributed by atoms with Gasteiger partial charge in [-0.15, -0.1) is 0 Å². The molecule has 1 heterocycles. The Morgan fingerprint density at radius 3 is 2.89 bits per heavy atom. The lowest BCUT2D eigenvalue weighted by Crippen LogP contribution is -2.11. The summed E-state index contributed by atoms with van der Waals surface area (Å²) in [5.41, 5.74) is 0.987. The molecule has 0 amide bonds. The zero-order valence-corrected chi connectivity index (χ0v) is 12.7. The summed E-state index contributed by atoms with van der Waals surface area (Å²) in [7, 11) is 0. The smallest absolute Gasteiger partial charge is 0.195 e. The first-order valence-corrected chi connectivity index (χ1v) is 6.89. The summed E-state index contributed by atoms with van der Waals surface area (Å²) in [5, 5.41) is 7.74. The monoisotopic (exact) mass is 297 g/mol. The standard InChI is InChI=1S/C13H16ClN3OS/c1-4-17-12(15-16-13(17)19)9(3)18-10-5-6-11(14)8(2)7-10/h5-7,9H,4H2,1-3H3,(H,16,19). The number of aryl methyl sites for hydroxylation is 1. The van der Waals surface area contributed by atoms with Crippen LogP contribution < -0.4 is 4.74 Å². The van der Waals surface area contributed by atoms with Crippen LogP contribution in [0.4, 0.5) is 0 Å². The minimum Gasteiger partial charge on any atom is -0.483 e. The van der Waals surface area contributed by atoms with Gasteiger partial charge in [-0.25, -0.2) is 0 Å². The Hall–Kier alpha value is -1.33. The van der Waals surface area contributed by atoms with Crippen molar-refractivity contribution in [3.05, 3.63) is 39.4 Å². The molecule has 0 saturated heterocycles. The maximum Gasteiger partial charge on any atom is 0.195 e. The third-order valence-electron chi connectivity index (χ3n) is 2.91. The van der Waals surface area contributed by atoms with Gasteiger partial charge in [0, 0.05) is 11.6 Å². The Morgan fingerprint density at radius 2 is 2.26 bits per heavy atom. The van der Waals surface area contributed by atoms with Crippen molar-refractivity contribution in [3.8, 4) is 5.75 Å². The number of hydrogen-bond donors (Lipinski definition) is 1. The van der Waals surface area contributed by atoms with E-state index in [1.165, 1.54) is 0 Å². The Balaban J connectivity index is 2.22. The van der Waals surface area contributed by atoms with Crippen LogP contribution in [-0.4, -0.2) is 14.8 Å². The zero-order valence-electron chi connectivity index (χ0n) is 11.1. The Labute approximate surface area is 122 Å². The summed E-state index contributed by atoms with van der Waals surface area (Å²) in [6, 6.07) is 5.59. The van der Waals surface area contributed by atoms with Crippen LogP contribution in [0, 0.1) is 11.7 Å². The van der Waals surface area contributed by atoms with Crippen molar-refractivity contribution in [2.45, 2.75) is 33.4 Å². The van der Waals surface area contributed by atoms with Gasteiger partial charge in [-0.1, -0.05) is 11.6 Å². The molecule has 0 aliphatic heterocycles. The molecule has 19 heavy (non-hydrogen) atoms. The van der Waals surface area contributed by atoms with E-state index in [4.69, 9.17) is 28.6 Å².